The van der Waals surface area contributed by atoms with Gasteiger partial charge in [-0.3, -0.25) is 0 Å². The van der Waals surface area contributed by atoms with Crippen LogP contribution in [0, 0.1) is 0 Å². The third-order valence-electron chi connectivity index (χ3n) is 11.0. The van der Waals surface area contributed by atoms with Crippen molar-refractivity contribution in [1.29, 1.82) is 0 Å². The molecule has 10 aromatic carbocycles. The van der Waals surface area contributed by atoms with E-state index >= 15 is 0 Å². The summed E-state index contributed by atoms with van der Waals surface area (Å²) >= 11 is 0. The van der Waals surface area contributed by atoms with Gasteiger partial charge < -0.3 is 9.32 Å². The monoisotopic (exact) mass is 687 g/mol. The maximum Gasteiger partial charge on any atom is 0.136 e. The number of rotatable bonds is 5. The zero-order chi connectivity index (χ0) is 35.6. The lowest BCUT2D eigenvalue weighted by Crippen LogP contribution is -2.11. The molecule has 0 fully saturated rings. The molecule has 0 radical (unpaired) electrons. The van der Waals surface area contributed by atoms with Gasteiger partial charge in [-0.25, -0.2) is 0 Å². The Morgan fingerprint density at radius 1 is 0.296 bits per heavy atom. The molecule has 1 aromatic heterocycles. The van der Waals surface area contributed by atoms with Gasteiger partial charge in [-0.05, 0) is 103 Å². The van der Waals surface area contributed by atoms with Gasteiger partial charge >= 0.3 is 0 Å². The predicted molar refractivity (Wildman–Crippen MR) is 229 cm³/mol. The van der Waals surface area contributed by atoms with Gasteiger partial charge in [0.15, 0.2) is 0 Å². The zero-order valence-electron chi connectivity index (χ0n) is 29.4. The number of hydrogen-bond acceptors (Lipinski definition) is 2. The van der Waals surface area contributed by atoms with Crippen LogP contribution < -0.4 is 4.90 Å². The predicted octanol–water partition coefficient (Wildman–Crippen LogP) is 15.0. The smallest absolute Gasteiger partial charge is 0.136 e. The molecule has 0 saturated heterocycles. The van der Waals surface area contributed by atoms with E-state index in [1.54, 1.807) is 0 Å². The van der Waals surface area contributed by atoms with Gasteiger partial charge in [0, 0.05) is 27.4 Å². The van der Waals surface area contributed by atoms with Crippen molar-refractivity contribution in [2.24, 2.45) is 0 Å². The lowest BCUT2D eigenvalue weighted by Gasteiger charge is -2.29. The summed E-state index contributed by atoms with van der Waals surface area (Å²) in [5.74, 6) is 0. The quantitative estimate of drug-likeness (QED) is 0.168. The molecule has 0 atom stereocenters. The van der Waals surface area contributed by atoms with Crippen LogP contribution in [0.25, 0.3) is 87.3 Å². The van der Waals surface area contributed by atoms with Crippen molar-refractivity contribution in [1.82, 2.24) is 0 Å². The van der Waals surface area contributed by atoms with E-state index in [0.717, 1.165) is 50.1 Å². The highest BCUT2D eigenvalue weighted by Crippen LogP contribution is 2.45. The van der Waals surface area contributed by atoms with E-state index in [1.165, 1.54) is 54.2 Å². The molecule has 0 saturated carbocycles. The summed E-state index contributed by atoms with van der Waals surface area (Å²) in [5, 5.41) is 12.1. The van der Waals surface area contributed by atoms with Crippen molar-refractivity contribution in [2.75, 3.05) is 4.90 Å². The van der Waals surface area contributed by atoms with Crippen LogP contribution in [0.3, 0.4) is 0 Å². The molecule has 0 aliphatic carbocycles. The van der Waals surface area contributed by atoms with E-state index in [-0.39, 0.29) is 0 Å². The number of para-hydroxylation sites is 1. The Balaban J connectivity index is 1.09. The Labute approximate surface area is 312 Å². The standard InChI is InChI=1S/C52H33NO/c1-2-14-38-33-52-48(31-37(38)13-1)47-32-39(26-30-51(47)54-52)44-18-7-8-21-49(44)53(50-22-9-15-34-11-4-6-17-43(34)50)40-27-23-36(24-28-40)42-19-10-20-45-41-16-5-3-12-35(41)25-29-46(42)45/h1-33H. The maximum atomic E-state index is 6.40. The normalized spacial score (nSPS) is 11.7. The van der Waals surface area contributed by atoms with Crippen molar-refractivity contribution < 1.29 is 4.42 Å². The van der Waals surface area contributed by atoms with Gasteiger partial charge in [0.05, 0.1) is 11.4 Å². The van der Waals surface area contributed by atoms with Gasteiger partial charge in [-0.15, -0.1) is 0 Å². The first-order valence-electron chi connectivity index (χ1n) is 18.5. The second-order valence-electron chi connectivity index (χ2n) is 14.1. The molecule has 0 N–H and O–H groups in total. The van der Waals surface area contributed by atoms with Gasteiger partial charge in [0.25, 0.3) is 0 Å². The molecule has 0 unspecified atom stereocenters. The van der Waals surface area contributed by atoms with Crippen LogP contribution >= 0.6 is 0 Å². The number of fused-ring (bicyclic) bond motifs is 8. The Morgan fingerprint density at radius 2 is 0.889 bits per heavy atom. The summed E-state index contributed by atoms with van der Waals surface area (Å²) in [4.78, 5) is 2.42. The zero-order valence-corrected chi connectivity index (χ0v) is 29.4. The van der Waals surface area contributed by atoms with Crippen molar-refractivity contribution >= 4 is 82.1 Å². The Morgan fingerprint density at radius 3 is 1.74 bits per heavy atom. The summed E-state index contributed by atoms with van der Waals surface area (Å²) in [5.41, 5.74) is 9.84. The lowest BCUT2D eigenvalue weighted by molar-refractivity contribution is 0.669. The van der Waals surface area contributed by atoms with Crippen LogP contribution in [0.15, 0.2) is 205 Å². The van der Waals surface area contributed by atoms with E-state index in [2.05, 4.69) is 205 Å². The minimum atomic E-state index is 0.893. The van der Waals surface area contributed by atoms with Crippen LogP contribution in [0.1, 0.15) is 0 Å². The minimum Gasteiger partial charge on any atom is -0.456 e. The number of anilines is 3. The van der Waals surface area contributed by atoms with Gasteiger partial charge in [0.1, 0.15) is 11.2 Å². The number of benzene rings is 10. The Hall–Kier alpha value is -7.16. The fourth-order valence-electron chi connectivity index (χ4n) is 8.44. The van der Waals surface area contributed by atoms with E-state index in [9.17, 15) is 0 Å². The second kappa shape index (κ2) is 12.2. The van der Waals surface area contributed by atoms with Crippen LogP contribution in [0.4, 0.5) is 17.1 Å². The van der Waals surface area contributed by atoms with Crippen LogP contribution in [0.5, 0.6) is 0 Å². The largest absolute Gasteiger partial charge is 0.456 e. The Kier molecular flexibility index (Phi) is 6.90. The molecule has 0 aliphatic rings. The average molecular weight is 688 g/mol. The molecular weight excluding hydrogens is 655 g/mol. The first-order valence-corrected chi connectivity index (χ1v) is 18.5. The van der Waals surface area contributed by atoms with E-state index in [0.29, 0.717) is 0 Å². The second-order valence-corrected chi connectivity index (χ2v) is 14.1. The molecule has 0 amide bonds. The average Bonchev–Trinajstić information content (AvgIpc) is 3.59. The SMILES string of the molecule is c1ccc(N(c2ccc(-c3cccc4c3ccc3ccccc34)cc2)c2cccc3ccccc23)c(-c2ccc3oc4cc5ccccc5cc4c3c2)c1. The summed E-state index contributed by atoms with van der Waals surface area (Å²) in [6.45, 7) is 0. The maximum absolute atomic E-state index is 6.40. The molecule has 1 heterocycles. The van der Waals surface area contributed by atoms with Gasteiger partial charge in [-0.1, -0.05) is 152 Å². The van der Waals surface area contributed by atoms with Crippen LogP contribution in [-0.4, -0.2) is 0 Å². The third kappa shape index (κ3) is 4.88. The molecule has 0 spiro atoms. The minimum absolute atomic E-state index is 0.893. The highest BCUT2D eigenvalue weighted by atomic mass is 16.3. The fraction of sp³-hybridized carbons (Fsp3) is 0. The molecule has 0 aliphatic heterocycles. The molecule has 2 nitrogen and oxygen atoms in total. The summed E-state index contributed by atoms with van der Waals surface area (Å²) in [6, 6.07) is 72.4. The number of hydrogen-bond donors (Lipinski definition) is 0. The van der Waals surface area contributed by atoms with Crippen molar-refractivity contribution in [3.8, 4) is 22.3 Å². The summed E-state index contributed by atoms with van der Waals surface area (Å²) in [7, 11) is 0. The van der Waals surface area contributed by atoms with Crippen LogP contribution in [-0.2, 0) is 0 Å². The highest BCUT2D eigenvalue weighted by Gasteiger charge is 2.20. The van der Waals surface area contributed by atoms with Gasteiger partial charge in [-0.2, -0.15) is 0 Å². The number of furan rings is 1. The number of nitrogens with zero attached hydrogens (tertiary/aromatic N) is 1. The van der Waals surface area contributed by atoms with E-state index in [1.807, 2.05) is 0 Å². The van der Waals surface area contributed by atoms with Crippen molar-refractivity contribution in [2.45, 2.75) is 0 Å². The highest BCUT2D eigenvalue weighted by molar-refractivity contribution is 6.13. The van der Waals surface area contributed by atoms with Gasteiger partial charge in [0.2, 0.25) is 0 Å². The summed E-state index contributed by atoms with van der Waals surface area (Å²) in [6.07, 6.45) is 0. The van der Waals surface area contributed by atoms with E-state index < -0.39 is 0 Å². The molecule has 11 aromatic rings. The van der Waals surface area contributed by atoms with Crippen molar-refractivity contribution in [3.05, 3.63) is 200 Å². The molecule has 54 heavy (non-hydrogen) atoms. The third-order valence-corrected chi connectivity index (χ3v) is 11.0. The molecular formula is C52H33NO. The fourth-order valence-corrected chi connectivity index (χ4v) is 8.44. The first-order chi connectivity index (χ1) is 26.8. The van der Waals surface area contributed by atoms with E-state index in [4.69, 9.17) is 4.42 Å². The Bertz CT molecular complexity index is 3220. The van der Waals surface area contributed by atoms with Crippen LogP contribution in [0.2, 0.25) is 0 Å². The summed E-state index contributed by atoms with van der Waals surface area (Å²) < 4.78 is 6.40. The molecule has 0 bridgehead atoms. The lowest BCUT2D eigenvalue weighted by atomic mass is 9.94. The molecule has 252 valence electrons. The topological polar surface area (TPSA) is 16.4 Å². The molecule has 11 rings (SSSR count). The first kappa shape index (κ1) is 30.5. The molecule has 2 heteroatoms. The van der Waals surface area contributed by atoms with Crippen molar-refractivity contribution in [3.63, 3.8) is 0 Å².